The third-order valence-electron chi connectivity index (χ3n) is 18.0. The Kier molecular flexibility index (Phi) is 65.2. The predicted molar refractivity (Wildman–Crippen MR) is 386 cm³/mol. The van der Waals surface area contributed by atoms with Gasteiger partial charge in [-0.25, -0.2) is 9.13 Å². The van der Waals surface area contributed by atoms with Gasteiger partial charge in [-0.2, -0.15) is 0 Å². The lowest BCUT2D eigenvalue weighted by Crippen LogP contribution is -2.30. The Balaban J connectivity index is 5.17. The molecule has 3 N–H and O–H groups in total. The number of unbranched alkanes of at least 4 members (excludes halogenated alkanes) is 41. The number of hydrogen-bond acceptors (Lipinski definition) is 15. The third kappa shape index (κ3) is 69.0. The smallest absolute Gasteiger partial charge is 0.462 e. The number of hydrogen-bond donors (Lipinski definition) is 3. The van der Waals surface area contributed by atoms with Crippen LogP contribution in [0.1, 0.15) is 389 Å². The summed E-state index contributed by atoms with van der Waals surface area (Å²) in [5, 5.41) is 10.6. The molecule has 0 aromatic carbocycles. The van der Waals surface area contributed by atoms with Crippen molar-refractivity contribution in [3.63, 3.8) is 0 Å². The summed E-state index contributed by atoms with van der Waals surface area (Å²) in [6.07, 6.45) is 52.9. The molecule has 0 radical (unpaired) electrons. The van der Waals surface area contributed by atoms with Crippen molar-refractivity contribution in [1.29, 1.82) is 0 Å². The SMILES string of the molecule is CCCCCCCCCCCCC(=O)O[C@H](COC(=O)CCCCCCCCC(C)C)COP(=O)(O)OC[C@H](O)COP(=O)(O)OC[C@@H](COC(=O)CCCCCCCCCCCCCC(C)C)OC(=O)CCCCCCCCCCCCCCCCCCCCC(C)CC. The van der Waals surface area contributed by atoms with E-state index >= 15 is 0 Å². The zero-order valence-electron chi connectivity index (χ0n) is 62.1. The van der Waals surface area contributed by atoms with Gasteiger partial charge in [-0.15, -0.1) is 0 Å². The highest BCUT2D eigenvalue weighted by Gasteiger charge is 2.30. The van der Waals surface area contributed by atoms with E-state index in [0.29, 0.717) is 31.6 Å². The van der Waals surface area contributed by atoms with Gasteiger partial charge in [0.25, 0.3) is 0 Å². The number of carbonyl (C=O) groups is 4. The Bertz CT molecular complexity index is 1850. The molecule has 6 atom stereocenters. The summed E-state index contributed by atoms with van der Waals surface area (Å²) >= 11 is 0. The molecule has 0 fully saturated rings. The van der Waals surface area contributed by atoms with E-state index in [1.165, 1.54) is 193 Å². The van der Waals surface area contributed by atoms with Crippen molar-refractivity contribution < 1.29 is 80.2 Å². The summed E-state index contributed by atoms with van der Waals surface area (Å²) in [5.74, 6) is 0.201. The summed E-state index contributed by atoms with van der Waals surface area (Å²) in [4.78, 5) is 72.7. The zero-order chi connectivity index (χ0) is 70.1. The maximum absolute atomic E-state index is 13.1. The van der Waals surface area contributed by atoms with Gasteiger partial charge in [-0.1, -0.05) is 337 Å². The molecule has 0 saturated heterocycles. The van der Waals surface area contributed by atoms with Gasteiger partial charge in [-0.3, -0.25) is 37.3 Å². The van der Waals surface area contributed by atoms with Gasteiger partial charge in [0.05, 0.1) is 26.4 Å². The molecular weight excluding hydrogens is 1250 g/mol. The number of carbonyl (C=O) groups excluding carboxylic acids is 4. The minimum atomic E-state index is -4.96. The first kappa shape index (κ1) is 93.1. The normalized spacial score (nSPS) is 14.4. The molecule has 0 aliphatic carbocycles. The molecule has 0 aromatic rings. The van der Waals surface area contributed by atoms with E-state index < -0.39 is 97.5 Å². The first-order valence-corrected chi connectivity index (χ1v) is 42.4. The largest absolute Gasteiger partial charge is 0.472 e. The van der Waals surface area contributed by atoms with Crippen molar-refractivity contribution in [2.24, 2.45) is 17.8 Å². The van der Waals surface area contributed by atoms with Crippen molar-refractivity contribution in [3.8, 4) is 0 Å². The molecule has 0 aliphatic rings. The van der Waals surface area contributed by atoms with Crippen molar-refractivity contribution in [2.45, 2.75) is 407 Å². The molecule has 17 nitrogen and oxygen atoms in total. The summed E-state index contributed by atoms with van der Waals surface area (Å²) in [6.45, 7) is 11.9. The Hall–Kier alpha value is -1.94. The fourth-order valence-electron chi connectivity index (χ4n) is 11.6. The van der Waals surface area contributed by atoms with Crippen LogP contribution in [0.3, 0.4) is 0 Å². The highest BCUT2D eigenvalue weighted by atomic mass is 31.2. The lowest BCUT2D eigenvalue weighted by Gasteiger charge is -2.21. The van der Waals surface area contributed by atoms with Crippen LogP contribution >= 0.6 is 15.6 Å². The van der Waals surface area contributed by atoms with Crippen molar-refractivity contribution in [3.05, 3.63) is 0 Å². The molecule has 3 unspecified atom stereocenters. The average Bonchev–Trinajstić information content (AvgIpc) is 1.80. The fourth-order valence-corrected chi connectivity index (χ4v) is 13.1. The van der Waals surface area contributed by atoms with Gasteiger partial charge >= 0.3 is 39.5 Å². The monoisotopic (exact) mass is 1400 g/mol. The van der Waals surface area contributed by atoms with E-state index in [9.17, 15) is 43.2 Å². The number of rotatable bonds is 74. The molecule has 19 heteroatoms. The summed E-state index contributed by atoms with van der Waals surface area (Å²) < 4.78 is 68.4. The quantitative estimate of drug-likeness (QED) is 0.0222. The van der Waals surface area contributed by atoms with E-state index in [1.54, 1.807) is 0 Å². The topological polar surface area (TPSA) is 237 Å². The van der Waals surface area contributed by atoms with E-state index in [0.717, 1.165) is 108 Å². The van der Waals surface area contributed by atoms with E-state index in [2.05, 4.69) is 48.5 Å². The number of ether oxygens (including phenoxy) is 4. The molecule has 564 valence electrons. The van der Waals surface area contributed by atoms with Crippen LogP contribution in [0.2, 0.25) is 0 Å². The first-order chi connectivity index (χ1) is 45.8. The van der Waals surface area contributed by atoms with Gasteiger partial charge in [0.2, 0.25) is 0 Å². The van der Waals surface area contributed by atoms with E-state index in [-0.39, 0.29) is 25.7 Å². The van der Waals surface area contributed by atoms with Crippen LogP contribution in [-0.4, -0.2) is 96.7 Å². The van der Waals surface area contributed by atoms with Crippen LogP contribution < -0.4 is 0 Å². The van der Waals surface area contributed by atoms with Crippen LogP contribution in [-0.2, 0) is 65.4 Å². The van der Waals surface area contributed by atoms with Crippen LogP contribution in [0, 0.1) is 17.8 Å². The highest BCUT2D eigenvalue weighted by molar-refractivity contribution is 7.47. The van der Waals surface area contributed by atoms with Crippen LogP contribution in [0.4, 0.5) is 0 Å². The standard InChI is InChI=1S/C76H148O17P2/c1-8-10-11-12-13-14-30-36-45-52-59-75(80)93-72(64-87-74(79)58-51-44-39-38-41-48-55-68(5)6)66-91-95(84,85)89-62-70(77)61-88-94(82,83)90-65-71(63-86-73(78)57-50-43-35-31-27-23-24-28-33-40-47-54-67(3)4)92-76(81)60-53-46-37-32-26-22-20-18-16-15-17-19-21-25-29-34-42-49-56-69(7)9-2/h67-72,77H,8-66H2,1-7H3,(H,82,83)(H,84,85)/t69?,70-,71-,72-/m1/s1. The Labute approximate surface area is 581 Å². The van der Waals surface area contributed by atoms with Crippen LogP contribution in [0.5, 0.6) is 0 Å². The molecule has 0 aromatic heterocycles. The van der Waals surface area contributed by atoms with Crippen LogP contribution in [0.15, 0.2) is 0 Å². The number of phosphoric ester groups is 2. The van der Waals surface area contributed by atoms with Gasteiger partial charge in [0.15, 0.2) is 12.2 Å². The molecule has 0 saturated carbocycles. The molecule has 0 rings (SSSR count). The van der Waals surface area contributed by atoms with Crippen molar-refractivity contribution in [2.75, 3.05) is 39.6 Å². The fraction of sp³-hybridized carbons (Fsp3) is 0.947. The first-order valence-electron chi connectivity index (χ1n) is 39.4. The summed E-state index contributed by atoms with van der Waals surface area (Å²) in [5.41, 5.74) is 0. The number of aliphatic hydroxyl groups excluding tert-OH is 1. The second-order valence-corrected chi connectivity index (χ2v) is 31.5. The van der Waals surface area contributed by atoms with Gasteiger partial charge in [0, 0.05) is 25.7 Å². The zero-order valence-corrected chi connectivity index (χ0v) is 63.9. The Morgan fingerprint density at radius 2 is 0.537 bits per heavy atom. The summed E-state index contributed by atoms with van der Waals surface area (Å²) in [7, 11) is -9.91. The van der Waals surface area contributed by atoms with E-state index in [4.69, 9.17) is 37.0 Å². The lowest BCUT2D eigenvalue weighted by atomic mass is 9.99. The molecule has 0 amide bonds. The Morgan fingerprint density at radius 3 is 0.800 bits per heavy atom. The molecule has 0 aliphatic heterocycles. The molecule has 0 heterocycles. The lowest BCUT2D eigenvalue weighted by molar-refractivity contribution is -0.161. The van der Waals surface area contributed by atoms with Crippen LogP contribution in [0.25, 0.3) is 0 Å². The average molecular weight is 1400 g/mol. The molecular formula is C76H148O17P2. The molecule has 0 spiro atoms. The molecule has 95 heavy (non-hydrogen) atoms. The summed E-state index contributed by atoms with van der Waals surface area (Å²) in [6, 6.07) is 0. The van der Waals surface area contributed by atoms with Gasteiger partial charge in [-0.05, 0) is 43.4 Å². The predicted octanol–water partition coefficient (Wildman–Crippen LogP) is 22.2. The number of phosphoric acid groups is 2. The second kappa shape index (κ2) is 66.6. The number of esters is 4. The van der Waals surface area contributed by atoms with Crippen molar-refractivity contribution >= 4 is 39.5 Å². The van der Waals surface area contributed by atoms with E-state index in [1.807, 2.05) is 0 Å². The number of aliphatic hydroxyl groups is 1. The van der Waals surface area contributed by atoms with Gasteiger partial charge < -0.3 is 33.8 Å². The minimum absolute atomic E-state index is 0.105. The second-order valence-electron chi connectivity index (χ2n) is 28.6. The maximum Gasteiger partial charge on any atom is 0.472 e. The third-order valence-corrected chi connectivity index (χ3v) is 19.9. The van der Waals surface area contributed by atoms with Crippen molar-refractivity contribution in [1.82, 2.24) is 0 Å². The Morgan fingerprint density at radius 1 is 0.305 bits per heavy atom. The molecule has 0 bridgehead atoms. The maximum atomic E-state index is 13.1. The minimum Gasteiger partial charge on any atom is -0.462 e. The van der Waals surface area contributed by atoms with Gasteiger partial charge in [0.1, 0.15) is 19.3 Å². The highest BCUT2D eigenvalue weighted by Crippen LogP contribution is 2.45.